The minimum absolute atomic E-state index is 0.0176. The van der Waals surface area contributed by atoms with Crippen LogP contribution in [0.2, 0.25) is 5.28 Å². The standard InChI is InChI=1S/C10H12ClN5O3/c11-10-14-8(12)7-9(15-10)16(3-13-7)6-1-4(18)5(2-17)19-6/h3-6,17-18H,1-2H2,(H2,12,14,15)/t4-,5+,6+/m0/s1/i12+1. The Morgan fingerprint density at radius 2 is 2.32 bits per heavy atom. The lowest BCUT2D eigenvalue weighted by Crippen LogP contribution is -2.24. The number of aromatic nitrogens is 4. The number of halogens is 1. The van der Waals surface area contributed by atoms with Crippen molar-refractivity contribution in [3.63, 3.8) is 0 Å². The first-order chi connectivity index (χ1) is 9.10. The molecule has 0 amide bonds. The number of imidazole rings is 1. The van der Waals surface area contributed by atoms with Crippen LogP contribution in [-0.2, 0) is 4.74 Å². The number of ether oxygens (including phenoxy) is 1. The summed E-state index contributed by atoms with van der Waals surface area (Å²) < 4.78 is 7.16. The first-order valence-electron chi connectivity index (χ1n) is 5.70. The first kappa shape index (κ1) is 12.5. The summed E-state index contributed by atoms with van der Waals surface area (Å²) in [6.45, 7) is -0.248. The monoisotopic (exact) mass is 286 g/mol. The summed E-state index contributed by atoms with van der Waals surface area (Å²) in [5.41, 5.74) is 6.57. The third kappa shape index (κ3) is 2.02. The summed E-state index contributed by atoms with van der Waals surface area (Å²) in [6, 6.07) is 0. The van der Waals surface area contributed by atoms with E-state index in [0.717, 1.165) is 0 Å². The second-order valence-corrected chi connectivity index (χ2v) is 4.65. The van der Waals surface area contributed by atoms with Crippen molar-refractivity contribution in [2.75, 3.05) is 12.3 Å². The number of anilines is 1. The highest BCUT2D eigenvalue weighted by Gasteiger charge is 2.35. The van der Waals surface area contributed by atoms with Gasteiger partial charge in [0.15, 0.2) is 11.5 Å². The van der Waals surface area contributed by atoms with Gasteiger partial charge in [0.25, 0.3) is 0 Å². The largest absolute Gasteiger partial charge is 0.394 e. The van der Waals surface area contributed by atoms with Crippen LogP contribution in [0.3, 0.4) is 0 Å². The van der Waals surface area contributed by atoms with Gasteiger partial charge in [0.05, 0.1) is 19.0 Å². The fraction of sp³-hybridized carbons (Fsp3) is 0.500. The topological polar surface area (TPSA) is 119 Å². The van der Waals surface area contributed by atoms with E-state index in [9.17, 15) is 5.11 Å². The Kier molecular flexibility index (Phi) is 3.02. The van der Waals surface area contributed by atoms with Crippen LogP contribution < -0.4 is 5.73 Å². The summed E-state index contributed by atoms with van der Waals surface area (Å²) in [7, 11) is 0. The number of aliphatic hydroxyl groups is 2. The van der Waals surface area contributed by atoms with E-state index in [2.05, 4.69) is 15.0 Å². The van der Waals surface area contributed by atoms with Crippen LogP contribution in [0.4, 0.5) is 5.82 Å². The van der Waals surface area contributed by atoms with Crippen molar-refractivity contribution in [3.8, 4) is 0 Å². The van der Waals surface area contributed by atoms with Crippen LogP contribution in [0.25, 0.3) is 11.2 Å². The molecule has 19 heavy (non-hydrogen) atoms. The number of nitrogens with two attached hydrogens (primary N) is 1. The Labute approximate surface area is 112 Å². The molecule has 0 bridgehead atoms. The van der Waals surface area contributed by atoms with Crippen molar-refractivity contribution >= 4 is 28.6 Å². The highest BCUT2D eigenvalue weighted by Crippen LogP contribution is 2.31. The Balaban J connectivity index is 2.02. The van der Waals surface area contributed by atoms with Crippen LogP contribution in [0.1, 0.15) is 12.6 Å². The van der Waals surface area contributed by atoms with Gasteiger partial charge in [0.2, 0.25) is 5.28 Å². The molecule has 0 radical (unpaired) electrons. The Morgan fingerprint density at radius 1 is 1.53 bits per heavy atom. The van der Waals surface area contributed by atoms with Crippen LogP contribution in [-0.4, -0.2) is 48.5 Å². The smallest absolute Gasteiger partial charge is 0.226 e. The summed E-state index contributed by atoms with van der Waals surface area (Å²) in [5.74, 6) is 0.186. The molecule has 1 fully saturated rings. The molecule has 0 spiro atoms. The zero-order valence-corrected chi connectivity index (χ0v) is 10.5. The third-order valence-electron chi connectivity index (χ3n) is 3.12. The van der Waals surface area contributed by atoms with Crippen LogP contribution in [0, 0.1) is 0 Å². The van der Waals surface area contributed by atoms with Crippen LogP contribution >= 0.6 is 11.6 Å². The molecule has 3 heterocycles. The molecule has 1 aliphatic heterocycles. The van der Waals surface area contributed by atoms with Gasteiger partial charge in [-0.05, 0) is 11.6 Å². The minimum Gasteiger partial charge on any atom is -0.394 e. The summed E-state index contributed by atoms with van der Waals surface area (Å²) >= 11 is 5.77. The predicted molar refractivity (Wildman–Crippen MR) is 66.4 cm³/mol. The molecule has 0 unspecified atom stereocenters. The molecule has 0 aliphatic carbocycles. The molecule has 1 aliphatic rings. The lowest BCUT2D eigenvalue weighted by molar-refractivity contribution is -0.0432. The number of nitrogen functional groups attached to an aromatic ring is 1. The van der Waals surface area contributed by atoms with Gasteiger partial charge in [-0.2, -0.15) is 9.97 Å². The van der Waals surface area contributed by atoms with Crippen molar-refractivity contribution in [2.24, 2.45) is 0 Å². The van der Waals surface area contributed by atoms with Gasteiger partial charge in [0, 0.05) is 6.42 Å². The molecular weight excluding hydrogens is 275 g/mol. The van der Waals surface area contributed by atoms with Crippen molar-refractivity contribution in [3.05, 3.63) is 11.6 Å². The molecule has 0 saturated carbocycles. The van der Waals surface area contributed by atoms with Crippen LogP contribution in [0.5, 0.6) is 0 Å². The van der Waals surface area contributed by atoms with E-state index in [1.807, 2.05) is 0 Å². The number of hydrogen-bond donors (Lipinski definition) is 3. The van der Waals surface area contributed by atoms with E-state index in [4.69, 9.17) is 27.2 Å². The van der Waals surface area contributed by atoms with Crippen molar-refractivity contribution in [2.45, 2.75) is 24.9 Å². The van der Waals surface area contributed by atoms with Gasteiger partial charge in [0.1, 0.15) is 17.8 Å². The summed E-state index contributed by atoms with van der Waals surface area (Å²) in [6.07, 6.45) is 0.0169. The maximum atomic E-state index is 9.74. The number of aliphatic hydroxyl groups excluding tert-OH is 2. The summed E-state index contributed by atoms with van der Waals surface area (Å²) in [5, 5.41) is 18.8. The van der Waals surface area contributed by atoms with Crippen molar-refractivity contribution < 1.29 is 14.9 Å². The molecule has 4 N–H and O–H groups in total. The van der Waals surface area contributed by atoms with E-state index < -0.39 is 18.4 Å². The number of fused-ring (bicyclic) bond motifs is 1. The third-order valence-corrected chi connectivity index (χ3v) is 3.28. The van der Waals surface area contributed by atoms with E-state index in [1.54, 1.807) is 4.57 Å². The lowest BCUT2D eigenvalue weighted by Gasteiger charge is -2.13. The highest BCUT2D eigenvalue weighted by molar-refractivity contribution is 6.28. The molecule has 3 rings (SSSR count). The number of hydrogen-bond acceptors (Lipinski definition) is 7. The molecule has 8 nitrogen and oxygen atoms in total. The number of nitrogens with zero attached hydrogens (tertiary/aromatic N) is 4. The minimum atomic E-state index is -0.734. The molecule has 9 heteroatoms. The van der Waals surface area contributed by atoms with E-state index in [0.29, 0.717) is 17.6 Å². The molecular formula is C10H12ClN5O3. The Bertz CT molecular complexity index is 618. The fourth-order valence-corrected chi connectivity index (χ4v) is 2.34. The average Bonchev–Trinajstić information content (AvgIpc) is 2.92. The van der Waals surface area contributed by atoms with Gasteiger partial charge < -0.3 is 20.7 Å². The Hall–Kier alpha value is -1.48. The molecule has 102 valence electrons. The lowest BCUT2D eigenvalue weighted by atomic mass is 10.2. The number of rotatable bonds is 2. The second-order valence-electron chi connectivity index (χ2n) is 4.32. The first-order valence-corrected chi connectivity index (χ1v) is 6.08. The second kappa shape index (κ2) is 4.57. The van der Waals surface area contributed by atoms with E-state index >= 15 is 0 Å². The van der Waals surface area contributed by atoms with Crippen molar-refractivity contribution in [1.29, 1.82) is 0 Å². The SMILES string of the molecule is [15NH2]c1nc(Cl)nc2c1ncn2[C@H]1C[C@H](O)[C@@H](CO)O1. The molecule has 2 aromatic heterocycles. The average molecular weight is 287 g/mol. The van der Waals surface area contributed by atoms with Gasteiger partial charge in [-0.3, -0.25) is 4.57 Å². The van der Waals surface area contributed by atoms with E-state index in [1.165, 1.54) is 6.33 Å². The highest BCUT2D eigenvalue weighted by atomic mass is 35.5. The van der Waals surface area contributed by atoms with Gasteiger partial charge in [-0.25, -0.2) is 4.98 Å². The van der Waals surface area contributed by atoms with E-state index in [-0.39, 0.29) is 17.7 Å². The molecule has 2 aromatic rings. The summed E-state index contributed by atoms with van der Waals surface area (Å²) in [4.78, 5) is 12.0. The van der Waals surface area contributed by atoms with Gasteiger partial charge >= 0.3 is 0 Å². The molecule has 3 atom stereocenters. The Morgan fingerprint density at radius 3 is 3.00 bits per heavy atom. The normalized spacial score (nSPS) is 27.2. The fourth-order valence-electron chi connectivity index (χ4n) is 2.17. The maximum Gasteiger partial charge on any atom is 0.226 e. The zero-order chi connectivity index (χ0) is 13.6. The predicted octanol–water partition coefficient (Wildman–Crippen LogP) is -0.297. The van der Waals surface area contributed by atoms with Gasteiger partial charge in [-0.15, -0.1) is 0 Å². The molecule has 1 saturated heterocycles. The maximum absolute atomic E-state index is 9.74. The molecule has 0 aromatic carbocycles. The quantitative estimate of drug-likeness (QED) is 0.512. The van der Waals surface area contributed by atoms with Gasteiger partial charge in [-0.1, -0.05) is 0 Å². The van der Waals surface area contributed by atoms with Crippen molar-refractivity contribution in [1.82, 2.24) is 19.5 Å². The van der Waals surface area contributed by atoms with Crippen LogP contribution in [0.15, 0.2) is 6.33 Å². The zero-order valence-electron chi connectivity index (χ0n) is 9.77.